The Kier molecular flexibility index (Phi) is 2.86. The number of nitrogens with one attached hydrogen (secondary N) is 1. The van der Waals surface area contributed by atoms with Crippen molar-refractivity contribution in [3.05, 3.63) is 70.9 Å². The van der Waals surface area contributed by atoms with Crippen LogP contribution in [0.15, 0.2) is 42.6 Å². The molecule has 3 rings (SSSR count). The summed E-state index contributed by atoms with van der Waals surface area (Å²) in [5, 5.41) is 0.525. The van der Waals surface area contributed by atoms with Gasteiger partial charge in [-0.25, -0.2) is 8.78 Å². The molecule has 100 valence electrons. The van der Waals surface area contributed by atoms with Gasteiger partial charge in [-0.1, -0.05) is 0 Å². The summed E-state index contributed by atoms with van der Waals surface area (Å²) < 4.78 is 26.5. The van der Waals surface area contributed by atoms with E-state index in [0.29, 0.717) is 27.6 Å². The number of rotatable bonds is 2. The fraction of sp³-hybridized carbons (Fsp3) is 0.0625. The maximum absolute atomic E-state index is 13.3. The minimum Gasteiger partial charge on any atom is -0.360 e. The van der Waals surface area contributed by atoms with Crippen LogP contribution in [0.25, 0.3) is 10.9 Å². The van der Waals surface area contributed by atoms with Crippen LogP contribution in [0.3, 0.4) is 0 Å². The molecule has 1 heterocycles. The molecule has 0 amide bonds. The van der Waals surface area contributed by atoms with E-state index in [-0.39, 0.29) is 11.6 Å². The van der Waals surface area contributed by atoms with Crippen LogP contribution in [-0.4, -0.2) is 10.8 Å². The van der Waals surface area contributed by atoms with E-state index < -0.39 is 5.82 Å². The molecule has 20 heavy (non-hydrogen) atoms. The van der Waals surface area contributed by atoms with E-state index in [0.717, 1.165) is 0 Å². The van der Waals surface area contributed by atoms with Gasteiger partial charge in [0, 0.05) is 28.2 Å². The van der Waals surface area contributed by atoms with Crippen LogP contribution < -0.4 is 0 Å². The number of hydrogen-bond donors (Lipinski definition) is 1. The molecule has 2 nitrogen and oxygen atoms in total. The molecule has 3 aromatic rings. The van der Waals surface area contributed by atoms with Crippen molar-refractivity contribution in [2.24, 2.45) is 0 Å². The molecule has 2 aromatic carbocycles. The van der Waals surface area contributed by atoms with E-state index in [4.69, 9.17) is 0 Å². The quantitative estimate of drug-likeness (QED) is 0.702. The van der Waals surface area contributed by atoms with Gasteiger partial charge in [0.15, 0.2) is 5.78 Å². The van der Waals surface area contributed by atoms with Gasteiger partial charge in [-0.3, -0.25) is 4.79 Å². The Hall–Kier alpha value is -2.49. The first kappa shape index (κ1) is 12.5. The summed E-state index contributed by atoms with van der Waals surface area (Å²) in [5.41, 5.74) is 1.86. The van der Waals surface area contributed by atoms with Crippen molar-refractivity contribution in [3.8, 4) is 0 Å². The summed E-state index contributed by atoms with van der Waals surface area (Å²) in [7, 11) is 0. The molecule has 0 unspecified atom stereocenters. The molecular formula is C16H11F2NO. The lowest BCUT2D eigenvalue weighted by Gasteiger charge is -2.02. The summed E-state index contributed by atoms with van der Waals surface area (Å²) in [6.45, 7) is 1.60. The standard InChI is InChI=1S/C16H11F2NO/c1-9-6-10(2-4-14(9)18)16(20)13-8-19-15-5-3-11(17)7-12(13)15/h2-8,19H,1H3. The molecule has 1 N–H and O–H groups in total. The van der Waals surface area contributed by atoms with Crippen molar-refractivity contribution in [1.82, 2.24) is 4.98 Å². The predicted molar refractivity (Wildman–Crippen MR) is 72.8 cm³/mol. The second-order valence-corrected chi connectivity index (χ2v) is 4.69. The van der Waals surface area contributed by atoms with Gasteiger partial charge >= 0.3 is 0 Å². The van der Waals surface area contributed by atoms with Crippen LogP contribution in [0.2, 0.25) is 0 Å². The maximum atomic E-state index is 13.3. The maximum Gasteiger partial charge on any atom is 0.195 e. The normalized spacial score (nSPS) is 10.9. The molecule has 0 atom stereocenters. The van der Waals surface area contributed by atoms with E-state index in [9.17, 15) is 13.6 Å². The third-order valence-electron chi connectivity index (χ3n) is 3.31. The molecule has 4 heteroatoms. The third kappa shape index (κ3) is 1.99. The monoisotopic (exact) mass is 271 g/mol. The molecule has 0 aliphatic heterocycles. The molecule has 0 radical (unpaired) electrons. The molecule has 0 saturated carbocycles. The second kappa shape index (κ2) is 4.56. The number of benzene rings is 2. The van der Waals surface area contributed by atoms with Crippen LogP contribution in [0.5, 0.6) is 0 Å². The molecule has 0 aliphatic rings. The Morgan fingerprint density at radius 3 is 2.65 bits per heavy atom. The minimum absolute atomic E-state index is 0.259. The topological polar surface area (TPSA) is 32.9 Å². The molecular weight excluding hydrogens is 260 g/mol. The Balaban J connectivity index is 2.12. The zero-order chi connectivity index (χ0) is 14.3. The van der Waals surface area contributed by atoms with Crippen LogP contribution in [-0.2, 0) is 0 Å². The predicted octanol–water partition coefficient (Wildman–Crippen LogP) is 3.99. The van der Waals surface area contributed by atoms with Crippen LogP contribution >= 0.6 is 0 Å². The molecule has 0 aliphatic carbocycles. The van der Waals surface area contributed by atoms with Gasteiger partial charge in [0.05, 0.1) is 0 Å². The van der Waals surface area contributed by atoms with E-state index in [1.807, 2.05) is 0 Å². The Morgan fingerprint density at radius 1 is 1.10 bits per heavy atom. The van der Waals surface area contributed by atoms with Crippen molar-refractivity contribution in [2.75, 3.05) is 0 Å². The fourth-order valence-corrected chi connectivity index (χ4v) is 2.22. The van der Waals surface area contributed by atoms with Crippen LogP contribution in [0, 0.1) is 18.6 Å². The Labute approximate surface area is 114 Å². The highest BCUT2D eigenvalue weighted by Gasteiger charge is 2.15. The number of fused-ring (bicyclic) bond motifs is 1. The Bertz CT molecular complexity index is 820. The zero-order valence-corrected chi connectivity index (χ0v) is 10.7. The molecule has 0 fully saturated rings. The van der Waals surface area contributed by atoms with E-state index in [1.165, 1.54) is 30.3 Å². The lowest BCUT2D eigenvalue weighted by molar-refractivity contribution is 0.104. The number of aromatic nitrogens is 1. The molecule has 0 bridgehead atoms. The lowest BCUT2D eigenvalue weighted by atomic mass is 10.0. The van der Waals surface area contributed by atoms with Crippen molar-refractivity contribution < 1.29 is 13.6 Å². The summed E-state index contributed by atoms with van der Waals surface area (Å²) in [5.74, 6) is -1.02. The number of H-pyrrole nitrogens is 1. The number of aromatic amines is 1. The first-order valence-electron chi connectivity index (χ1n) is 6.14. The van der Waals surface area contributed by atoms with Crippen molar-refractivity contribution in [2.45, 2.75) is 6.92 Å². The molecule has 1 aromatic heterocycles. The smallest absolute Gasteiger partial charge is 0.195 e. The zero-order valence-electron chi connectivity index (χ0n) is 10.7. The number of ketones is 1. The van der Waals surface area contributed by atoms with Crippen molar-refractivity contribution >= 4 is 16.7 Å². The number of aryl methyl sites for hydroxylation is 1. The van der Waals surface area contributed by atoms with E-state index in [1.54, 1.807) is 19.2 Å². The first-order chi connectivity index (χ1) is 9.56. The summed E-state index contributed by atoms with van der Waals surface area (Å²) in [4.78, 5) is 15.4. The largest absolute Gasteiger partial charge is 0.360 e. The molecule has 0 saturated heterocycles. The van der Waals surface area contributed by atoms with Gasteiger partial charge in [-0.2, -0.15) is 0 Å². The van der Waals surface area contributed by atoms with Crippen molar-refractivity contribution in [1.29, 1.82) is 0 Å². The van der Waals surface area contributed by atoms with Gasteiger partial charge in [-0.15, -0.1) is 0 Å². The van der Waals surface area contributed by atoms with Gasteiger partial charge in [0.25, 0.3) is 0 Å². The minimum atomic E-state index is -0.401. The summed E-state index contributed by atoms with van der Waals surface area (Å²) >= 11 is 0. The van der Waals surface area contributed by atoms with Crippen molar-refractivity contribution in [3.63, 3.8) is 0 Å². The Morgan fingerprint density at radius 2 is 1.90 bits per heavy atom. The van der Waals surface area contributed by atoms with Gasteiger partial charge < -0.3 is 4.98 Å². The van der Waals surface area contributed by atoms with Gasteiger partial charge in [-0.05, 0) is 48.9 Å². The highest BCUT2D eigenvalue weighted by Crippen LogP contribution is 2.23. The highest BCUT2D eigenvalue weighted by molar-refractivity contribution is 6.16. The number of carbonyl (C=O) groups is 1. The van der Waals surface area contributed by atoms with Crippen LogP contribution in [0.4, 0.5) is 8.78 Å². The van der Waals surface area contributed by atoms with Gasteiger partial charge in [0.2, 0.25) is 0 Å². The first-order valence-corrected chi connectivity index (χ1v) is 6.14. The number of halogens is 2. The second-order valence-electron chi connectivity index (χ2n) is 4.69. The fourth-order valence-electron chi connectivity index (χ4n) is 2.22. The highest BCUT2D eigenvalue weighted by atomic mass is 19.1. The van der Waals surface area contributed by atoms with E-state index >= 15 is 0 Å². The average molecular weight is 271 g/mol. The molecule has 0 spiro atoms. The number of carbonyl (C=O) groups excluding carboxylic acids is 1. The lowest BCUT2D eigenvalue weighted by Crippen LogP contribution is -2.01. The third-order valence-corrected chi connectivity index (χ3v) is 3.31. The van der Waals surface area contributed by atoms with Gasteiger partial charge in [0.1, 0.15) is 11.6 Å². The average Bonchev–Trinajstić information content (AvgIpc) is 2.84. The summed E-state index contributed by atoms with van der Waals surface area (Å²) in [6.07, 6.45) is 1.55. The number of hydrogen-bond acceptors (Lipinski definition) is 1. The SMILES string of the molecule is Cc1cc(C(=O)c2c[nH]c3ccc(F)cc23)ccc1F. The van der Waals surface area contributed by atoms with E-state index in [2.05, 4.69) is 4.98 Å². The van der Waals surface area contributed by atoms with Crippen LogP contribution in [0.1, 0.15) is 21.5 Å². The summed E-state index contributed by atoms with van der Waals surface area (Å²) in [6, 6.07) is 8.42.